The number of rotatable bonds is 6. The van der Waals surface area contributed by atoms with E-state index in [2.05, 4.69) is 29.2 Å². The molecule has 0 unspecified atom stereocenters. The van der Waals surface area contributed by atoms with E-state index in [0.717, 1.165) is 19.5 Å². The lowest BCUT2D eigenvalue weighted by molar-refractivity contribution is 0.350. The first kappa shape index (κ1) is 16.0. The molecule has 1 heterocycles. The first-order chi connectivity index (χ1) is 11.1. The SMILES string of the molecule is O=S(=O)(CCN1CC[C@H](c2ccccc2)C1)Oc1ccccc1. The summed E-state index contributed by atoms with van der Waals surface area (Å²) in [6.45, 7) is 2.35. The van der Waals surface area contributed by atoms with Crippen LogP contribution < -0.4 is 4.18 Å². The summed E-state index contributed by atoms with van der Waals surface area (Å²) in [6, 6.07) is 19.1. The Morgan fingerprint density at radius 3 is 2.35 bits per heavy atom. The van der Waals surface area contributed by atoms with Gasteiger partial charge in [-0.15, -0.1) is 0 Å². The number of nitrogens with zero attached hydrogens (tertiary/aromatic N) is 1. The van der Waals surface area contributed by atoms with Crippen molar-refractivity contribution in [2.45, 2.75) is 12.3 Å². The highest BCUT2D eigenvalue weighted by Gasteiger charge is 2.25. The molecule has 23 heavy (non-hydrogen) atoms. The van der Waals surface area contributed by atoms with Gasteiger partial charge >= 0.3 is 10.1 Å². The summed E-state index contributed by atoms with van der Waals surface area (Å²) in [6.07, 6.45) is 1.07. The standard InChI is InChI=1S/C18H21NO3S/c20-23(21,22-18-9-5-2-6-10-18)14-13-19-12-11-17(15-19)16-7-3-1-4-8-16/h1-10,17H,11-15H2/t17-/m0/s1. The van der Waals surface area contributed by atoms with Gasteiger partial charge in [-0.1, -0.05) is 48.5 Å². The number of hydrogen-bond donors (Lipinski definition) is 0. The Morgan fingerprint density at radius 1 is 1.00 bits per heavy atom. The van der Waals surface area contributed by atoms with Crippen LogP contribution in [-0.4, -0.2) is 38.7 Å². The van der Waals surface area contributed by atoms with Gasteiger partial charge in [-0.3, -0.25) is 0 Å². The van der Waals surface area contributed by atoms with Crippen molar-refractivity contribution in [1.82, 2.24) is 4.90 Å². The van der Waals surface area contributed by atoms with Crippen LogP contribution in [0.2, 0.25) is 0 Å². The quantitative estimate of drug-likeness (QED) is 0.764. The van der Waals surface area contributed by atoms with E-state index in [0.29, 0.717) is 18.2 Å². The Hall–Kier alpha value is -1.85. The molecule has 1 atom stereocenters. The van der Waals surface area contributed by atoms with E-state index in [1.165, 1.54) is 5.56 Å². The molecule has 0 radical (unpaired) electrons. The van der Waals surface area contributed by atoms with E-state index in [9.17, 15) is 8.42 Å². The summed E-state index contributed by atoms with van der Waals surface area (Å²) in [5, 5.41) is 0. The predicted molar refractivity (Wildman–Crippen MR) is 91.1 cm³/mol. The molecule has 122 valence electrons. The smallest absolute Gasteiger partial charge is 0.310 e. The van der Waals surface area contributed by atoms with Crippen LogP contribution in [0.5, 0.6) is 5.75 Å². The van der Waals surface area contributed by atoms with Crippen LogP contribution in [0.25, 0.3) is 0 Å². The summed E-state index contributed by atoms with van der Waals surface area (Å²) >= 11 is 0. The summed E-state index contributed by atoms with van der Waals surface area (Å²) in [4.78, 5) is 2.20. The molecular formula is C18H21NO3S. The molecule has 0 N–H and O–H groups in total. The molecule has 0 amide bonds. The average molecular weight is 331 g/mol. The zero-order valence-corrected chi connectivity index (χ0v) is 13.8. The van der Waals surface area contributed by atoms with Gasteiger partial charge in [0.05, 0.1) is 5.75 Å². The fourth-order valence-corrected chi connectivity index (χ4v) is 3.91. The Bertz CT molecular complexity index is 716. The largest absolute Gasteiger partial charge is 0.382 e. The van der Waals surface area contributed by atoms with Crippen molar-refractivity contribution < 1.29 is 12.6 Å². The van der Waals surface area contributed by atoms with E-state index < -0.39 is 10.1 Å². The number of para-hydroxylation sites is 1. The molecule has 0 spiro atoms. The molecule has 2 aromatic carbocycles. The third-order valence-electron chi connectivity index (χ3n) is 4.17. The lowest BCUT2D eigenvalue weighted by Crippen LogP contribution is -2.29. The van der Waals surface area contributed by atoms with E-state index in [-0.39, 0.29) is 5.75 Å². The Labute approximate surface area is 137 Å². The molecule has 4 nitrogen and oxygen atoms in total. The predicted octanol–water partition coefficient (Wildman–Crippen LogP) is 2.88. The highest BCUT2D eigenvalue weighted by atomic mass is 32.2. The minimum Gasteiger partial charge on any atom is -0.382 e. The van der Waals surface area contributed by atoms with Gasteiger partial charge in [-0.2, -0.15) is 8.42 Å². The van der Waals surface area contributed by atoms with Crippen LogP contribution in [0.1, 0.15) is 17.9 Å². The number of benzene rings is 2. The minimum atomic E-state index is -3.55. The highest BCUT2D eigenvalue weighted by molar-refractivity contribution is 7.87. The third-order valence-corrected chi connectivity index (χ3v) is 5.30. The molecule has 0 bridgehead atoms. The Balaban J connectivity index is 1.51. The molecule has 1 aliphatic rings. The van der Waals surface area contributed by atoms with Gasteiger partial charge in [-0.25, -0.2) is 0 Å². The molecule has 5 heteroatoms. The number of likely N-dealkylation sites (tertiary alicyclic amines) is 1. The van der Waals surface area contributed by atoms with Crippen molar-refractivity contribution >= 4 is 10.1 Å². The first-order valence-electron chi connectivity index (χ1n) is 7.87. The second-order valence-electron chi connectivity index (χ2n) is 5.86. The van der Waals surface area contributed by atoms with Crippen LogP contribution in [0.15, 0.2) is 60.7 Å². The van der Waals surface area contributed by atoms with Crippen LogP contribution in [-0.2, 0) is 10.1 Å². The van der Waals surface area contributed by atoms with Gasteiger partial charge in [-0.05, 0) is 36.6 Å². The van der Waals surface area contributed by atoms with E-state index >= 15 is 0 Å². The van der Waals surface area contributed by atoms with Gasteiger partial charge in [0, 0.05) is 13.1 Å². The average Bonchev–Trinajstić information content (AvgIpc) is 3.04. The van der Waals surface area contributed by atoms with Gasteiger partial charge in [0.1, 0.15) is 5.75 Å². The van der Waals surface area contributed by atoms with Crippen molar-refractivity contribution in [3.05, 3.63) is 66.2 Å². The van der Waals surface area contributed by atoms with Crippen LogP contribution in [0.3, 0.4) is 0 Å². The van der Waals surface area contributed by atoms with Gasteiger partial charge in [0.2, 0.25) is 0 Å². The number of hydrogen-bond acceptors (Lipinski definition) is 4. The van der Waals surface area contributed by atoms with Crippen LogP contribution >= 0.6 is 0 Å². The maximum absolute atomic E-state index is 12.1. The van der Waals surface area contributed by atoms with Crippen LogP contribution in [0, 0.1) is 0 Å². The van der Waals surface area contributed by atoms with Crippen molar-refractivity contribution in [3.8, 4) is 5.75 Å². The lowest BCUT2D eigenvalue weighted by Gasteiger charge is -2.16. The van der Waals surface area contributed by atoms with E-state index in [1.807, 2.05) is 12.1 Å². The maximum Gasteiger partial charge on any atom is 0.310 e. The zero-order valence-electron chi connectivity index (χ0n) is 13.0. The van der Waals surface area contributed by atoms with Gasteiger partial charge in [0.25, 0.3) is 0 Å². The van der Waals surface area contributed by atoms with Crippen molar-refractivity contribution in [2.75, 3.05) is 25.4 Å². The summed E-state index contributed by atoms with van der Waals surface area (Å²) in [5.41, 5.74) is 1.33. The summed E-state index contributed by atoms with van der Waals surface area (Å²) in [5.74, 6) is 0.883. The molecule has 0 saturated carbocycles. The molecule has 3 rings (SSSR count). The monoisotopic (exact) mass is 331 g/mol. The molecule has 2 aromatic rings. The van der Waals surface area contributed by atoms with Gasteiger partial charge < -0.3 is 9.08 Å². The van der Waals surface area contributed by atoms with E-state index in [1.54, 1.807) is 24.3 Å². The second kappa shape index (κ2) is 7.15. The molecule has 1 fully saturated rings. The molecule has 0 aliphatic carbocycles. The summed E-state index contributed by atoms with van der Waals surface area (Å²) in [7, 11) is -3.55. The first-order valence-corrected chi connectivity index (χ1v) is 9.45. The Morgan fingerprint density at radius 2 is 1.65 bits per heavy atom. The fourth-order valence-electron chi connectivity index (χ4n) is 2.94. The molecule has 1 saturated heterocycles. The summed E-state index contributed by atoms with van der Waals surface area (Å²) < 4.78 is 29.2. The van der Waals surface area contributed by atoms with Crippen molar-refractivity contribution in [2.24, 2.45) is 0 Å². The third kappa shape index (κ3) is 4.56. The molecular weight excluding hydrogens is 310 g/mol. The zero-order chi connectivity index (χ0) is 16.1. The maximum atomic E-state index is 12.1. The van der Waals surface area contributed by atoms with E-state index in [4.69, 9.17) is 4.18 Å². The van der Waals surface area contributed by atoms with Gasteiger partial charge in [0.15, 0.2) is 0 Å². The second-order valence-corrected chi connectivity index (χ2v) is 7.55. The Kier molecular flexibility index (Phi) is 4.98. The minimum absolute atomic E-state index is 0.0173. The molecule has 1 aliphatic heterocycles. The molecule has 0 aromatic heterocycles. The topological polar surface area (TPSA) is 46.6 Å². The fraction of sp³-hybridized carbons (Fsp3) is 0.333. The normalized spacial score (nSPS) is 18.9. The lowest BCUT2D eigenvalue weighted by atomic mass is 9.99. The van der Waals surface area contributed by atoms with Crippen molar-refractivity contribution in [1.29, 1.82) is 0 Å². The van der Waals surface area contributed by atoms with Crippen LogP contribution in [0.4, 0.5) is 0 Å². The van der Waals surface area contributed by atoms with Crippen molar-refractivity contribution in [3.63, 3.8) is 0 Å². The highest BCUT2D eigenvalue weighted by Crippen LogP contribution is 2.26.